The molecule has 4 heterocycles. The fraction of sp³-hybridized carbons (Fsp3) is 0. The fourth-order valence-electron chi connectivity index (χ4n) is 3.52. The normalized spacial score (nSPS) is 22.0. The Kier molecular flexibility index (Phi) is 3.38. The van der Waals surface area contributed by atoms with Crippen LogP contribution in [0.5, 0.6) is 34.5 Å². The van der Waals surface area contributed by atoms with Crippen LogP contribution in [0.15, 0.2) is 72.8 Å². The first-order valence-electron chi connectivity index (χ1n) is 9.14. The van der Waals surface area contributed by atoms with Crippen molar-refractivity contribution in [3.63, 3.8) is 0 Å². The Morgan fingerprint density at radius 1 is 0.367 bits per heavy atom. The summed E-state index contributed by atoms with van der Waals surface area (Å²) in [5.74, 6) is 3.74. The van der Waals surface area contributed by atoms with Crippen molar-refractivity contribution >= 4 is 24.1 Å². The molecule has 150 valence electrons. The highest BCUT2D eigenvalue weighted by atomic mass is 31.3. The van der Waals surface area contributed by atoms with Crippen LogP contribution in [0, 0.1) is 0 Å². The van der Waals surface area contributed by atoms with Crippen LogP contribution >= 0.6 is 24.1 Å². The fourth-order valence-corrected chi connectivity index (χ4v) is 14.1. The first-order valence-corrected chi connectivity index (χ1v) is 14.0. The van der Waals surface area contributed by atoms with Crippen molar-refractivity contribution < 1.29 is 27.1 Å². The maximum atomic E-state index is 6.27. The summed E-state index contributed by atoms with van der Waals surface area (Å²) >= 11 is 0. The lowest BCUT2D eigenvalue weighted by molar-refractivity contribution is 0.452. The zero-order valence-corrected chi connectivity index (χ0v) is 17.9. The van der Waals surface area contributed by atoms with Gasteiger partial charge in [0.15, 0.2) is 0 Å². The van der Waals surface area contributed by atoms with Crippen LogP contribution < -0.4 is 41.7 Å². The summed E-state index contributed by atoms with van der Waals surface area (Å²) in [6.45, 7) is 0. The van der Waals surface area contributed by atoms with Crippen molar-refractivity contribution in [2.75, 3.05) is 0 Å². The molecule has 12 heteroatoms. The molecule has 7 rings (SSSR count). The minimum absolute atomic E-state index is 0.623. The first-order chi connectivity index (χ1) is 14.6. The van der Waals surface area contributed by atoms with E-state index in [0.717, 1.165) is 0 Å². The Bertz CT molecular complexity index is 964. The van der Waals surface area contributed by atoms with Crippen LogP contribution in [0.25, 0.3) is 0 Å². The zero-order valence-electron chi connectivity index (χ0n) is 15.2. The van der Waals surface area contributed by atoms with Gasteiger partial charge < -0.3 is 0 Å². The molecule has 0 radical (unpaired) electrons. The zero-order chi connectivity index (χ0) is 19.8. The summed E-state index contributed by atoms with van der Waals surface area (Å²) in [4.78, 5) is 10.1. The summed E-state index contributed by atoms with van der Waals surface area (Å²) in [7, 11) is -8.92. The topological polar surface area (TPSA) is 91.5 Å². The Morgan fingerprint density at radius 3 is 0.767 bits per heavy atom. The van der Waals surface area contributed by atoms with Gasteiger partial charge >= 0.3 is 24.1 Å². The number of hydrogen-bond acceptors (Lipinski definition) is 9. The summed E-state index contributed by atoms with van der Waals surface area (Å²) in [5.41, 5.74) is 0. The van der Waals surface area contributed by atoms with E-state index in [9.17, 15) is 0 Å². The third kappa shape index (κ3) is 2.51. The van der Waals surface area contributed by atoms with E-state index in [1.165, 1.54) is 0 Å². The monoisotopic (exact) mass is 462 g/mol. The van der Waals surface area contributed by atoms with E-state index in [4.69, 9.17) is 27.1 Å². The molecule has 1 saturated heterocycles. The molecule has 3 aromatic carbocycles. The van der Waals surface area contributed by atoms with Gasteiger partial charge in [-0.3, -0.25) is 27.1 Å². The number of benzene rings is 3. The molecule has 4 aliphatic rings. The van der Waals surface area contributed by atoms with E-state index in [1.54, 1.807) is 0 Å². The second-order valence-corrected chi connectivity index (χ2v) is 13.6. The van der Waals surface area contributed by atoms with E-state index >= 15 is 0 Å². The highest BCUT2D eigenvalue weighted by Crippen LogP contribution is 2.84. The van der Waals surface area contributed by atoms with Crippen molar-refractivity contribution in [1.29, 1.82) is 0 Å². The van der Waals surface area contributed by atoms with E-state index in [2.05, 4.69) is 14.6 Å². The highest BCUT2D eigenvalue weighted by molar-refractivity contribution is 7.93. The third-order valence-electron chi connectivity index (χ3n) is 4.70. The van der Waals surface area contributed by atoms with Crippen LogP contribution in [-0.4, -0.2) is 0 Å². The van der Waals surface area contributed by atoms with Crippen molar-refractivity contribution in [3.8, 4) is 34.5 Å². The molecule has 0 saturated carbocycles. The number of fused-ring (bicyclic) bond motifs is 3. The van der Waals surface area contributed by atoms with Gasteiger partial charge in [-0.25, -0.2) is 0 Å². The second-order valence-electron chi connectivity index (χ2n) is 6.84. The average Bonchev–Trinajstić information content (AvgIpc) is 3.36. The third-order valence-corrected chi connectivity index (χ3v) is 13.7. The first kappa shape index (κ1) is 17.3. The van der Waals surface area contributed by atoms with Gasteiger partial charge in [-0.15, -0.1) is 0 Å². The molecular formula is C18H15N3O6P3+3. The molecular weight excluding hydrogens is 447 g/mol. The Hall–Kier alpha value is -2.37. The molecule has 30 heavy (non-hydrogen) atoms. The van der Waals surface area contributed by atoms with Gasteiger partial charge in [0, 0.05) is 0 Å². The number of rotatable bonds is 0. The lowest BCUT2D eigenvalue weighted by Crippen LogP contribution is -2.49. The molecule has 0 amide bonds. The molecule has 0 aromatic heterocycles. The van der Waals surface area contributed by atoms with Crippen molar-refractivity contribution in [2.45, 2.75) is 0 Å². The van der Waals surface area contributed by atoms with Gasteiger partial charge in [0.2, 0.25) is 34.5 Å². The maximum absolute atomic E-state index is 6.27. The van der Waals surface area contributed by atoms with Gasteiger partial charge in [0.1, 0.15) is 14.6 Å². The quantitative estimate of drug-likeness (QED) is 0.389. The molecule has 3 spiro atoms. The molecule has 0 atom stereocenters. The Balaban J connectivity index is 1.32. The predicted molar refractivity (Wildman–Crippen MR) is 113 cm³/mol. The molecule has 1 fully saturated rings. The molecule has 4 aliphatic heterocycles. The summed E-state index contributed by atoms with van der Waals surface area (Å²) < 4.78 is 37.6. The molecule has 0 aliphatic carbocycles. The summed E-state index contributed by atoms with van der Waals surface area (Å²) in [6.07, 6.45) is 0. The van der Waals surface area contributed by atoms with Gasteiger partial charge in [0.25, 0.3) is 0 Å². The molecule has 3 N–H and O–H groups in total. The van der Waals surface area contributed by atoms with E-state index in [0.29, 0.717) is 34.5 Å². The predicted octanol–water partition coefficient (Wildman–Crippen LogP) is 5.22. The van der Waals surface area contributed by atoms with Gasteiger partial charge in [-0.2, -0.15) is 0 Å². The highest BCUT2D eigenvalue weighted by Gasteiger charge is 2.87. The smallest absolute Gasteiger partial charge is 0.264 e. The summed E-state index contributed by atoms with van der Waals surface area (Å²) in [6, 6.07) is 22.4. The SMILES string of the molecule is c1ccc2c(c1)O[P+]1(N[P+]3(N[P+]4(N1)Oc1ccccc1O4)Oc1ccccc1O3)O2. The summed E-state index contributed by atoms with van der Waals surface area (Å²) in [5, 5.41) is 0. The van der Waals surface area contributed by atoms with E-state index in [1.807, 2.05) is 72.8 Å². The lowest BCUT2D eigenvalue weighted by atomic mass is 10.3. The molecule has 0 unspecified atom stereocenters. The van der Waals surface area contributed by atoms with Crippen molar-refractivity contribution in [2.24, 2.45) is 0 Å². The Morgan fingerprint density at radius 2 is 0.567 bits per heavy atom. The van der Waals surface area contributed by atoms with Crippen molar-refractivity contribution in [3.05, 3.63) is 72.8 Å². The Labute approximate surface area is 173 Å². The molecule has 0 bridgehead atoms. The van der Waals surface area contributed by atoms with E-state index in [-0.39, 0.29) is 0 Å². The van der Waals surface area contributed by atoms with E-state index < -0.39 is 24.1 Å². The van der Waals surface area contributed by atoms with Gasteiger partial charge in [-0.1, -0.05) is 36.4 Å². The minimum atomic E-state index is -2.97. The largest absolute Gasteiger partial charge is 0.600 e. The number of hydrogen-bond donors (Lipinski definition) is 3. The molecule has 9 nitrogen and oxygen atoms in total. The van der Waals surface area contributed by atoms with Crippen LogP contribution in [-0.2, 0) is 0 Å². The average molecular weight is 462 g/mol. The second kappa shape index (κ2) is 5.86. The molecule has 3 aromatic rings. The maximum Gasteiger partial charge on any atom is 0.600 e. The van der Waals surface area contributed by atoms with Gasteiger partial charge in [0.05, 0.1) is 0 Å². The minimum Gasteiger partial charge on any atom is -0.264 e. The van der Waals surface area contributed by atoms with Gasteiger partial charge in [-0.05, 0) is 36.4 Å². The van der Waals surface area contributed by atoms with Crippen LogP contribution in [0.3, 0.4) is 0 Å². The number of nitrogens with one attached hydrogen (secondary N) is 3. The van der Waals surface area contributed by atoms with Crippen LogP contribution in [0.4, 0.5) is 0 Å². The standard InChI is InChI=1S/C18H15N3O6P3/c1-2-8-14-13(7-1)22-28(23-14)19-29(24-15-9-3-4-10-16(15)25-29)21-30(20-28)26-17-11-5-6-12-18(17)27-30/h1-12,19-21H/q+3. The van der Waals surface area contributed by atoms with Crippen LogP contribution in [0.2, 0.25) is 0 Å². The lowest BCUT2D eigenvalue weighted by Gasteiger charge is -2.27. The van der Waals surface area contributed by atoms with Crippen molar-refractivity contribution in [1.82, 2.24) is 14.6 Å². The van der Waals surface area contributed by atoms with Crippen LogP contribution in [0.1, 0.15) is 0 Å². The number of para-hydroxylation sites is 6.